The number of aryl methyl sites for hydroxylation is 1. The molecule has 0 amide bonds. The van der Waals surface area contributed by atoms with Crippen LogP contribution in [-0.2, 0) is 0 Å². The van der Waals surface area contributed by atoms with Crippen molar-refractivity contribution in [3.05, 3.63) is 71.1 Å². The van der Waals surface area contributed by atoms with E-state index in [2.05, 4.69) is 60.3 Å². The zero-order valence-electron chi connectivity index (χ0n) is 15.5. The Kier molecular flexibility index (Phi) is 4.62. The number of nitrogens with one attached hydrogen (secondary N) is 1. The van der Waals surface area contributed by atoms with Gasteiger partial charge in [-0.25, -0.2) is 14.4 Å². The van der Waals surface area contributed by atoms with Crippen LogP contribution in [0.25, 0.3) is 21.3 Å². The standard InChI is InChI=1S/C22H20FN3S/c1-13(2)15-6-10-18(11-7-15)26-21-20-19(16-4-8-17(23)9-5-16)14(3)27-22(20)25-12-24-21/h4-13H,1-3H3,(H,24,25,26). The van der Waals surface area contributed by atoms with Gasteiger partial charge in [-0.2, -0.15) is 0 Å². The van der Waals surface area contributed by atoms with Crippen molar-refractivity contribution in [2.45, 2.75) is 26.7 Å². The first-order valence-electron chi connectivity index (χ1n) is 8.90. The maximum atomic E-state index is 13.4. The molecule has 1 N–H and O–H groups in total. The van der Waals surface area contributed by atoms with E-state index in [4.69, 9.17) is 0 Å². The van der Waals surface area contributed by atoms with Crippen molar-refractivity contribution >= 4 is 33.1 Å². The van der Waals surface area contributed by atoms with Crippen LogP contribution >= 0.6 is 11.3 Å². The maximum Gasteiger partial charge on any atom is 0.143 e. The molecule has 0 saturated heterocycles. The Bertz CT molecular complexity index is 1080. The SMILES string of the molecule is Cc1sc2ncnc(Nc3ccc(C(C)C)cc3)c2c1-c1ccc(F)cc1. The number of benzene rings is 2. The molecule has 3 nitrogen and oxygen atoms in total. The first kappa shape index (κ1) is 17.6. The van der Waals surface area contributed by atoms with Crippen LogP contribution in [0.15, 0.2) is 54.9 Å². The number of anilines is 2. The highest BCUT2D eigenvalue weighted by molar-refractivity contribution is 7.19. The molecule has 0 atom stereocenters. The van der Waals surface area contributed by atoms with Gasteiger partial charge in [0.2, 0.25) is 0 Å². The summed E-state index contributed by atoms with van der Waals surface area (Å²) in [5, 5.41) is 4.40. The third kappa shape index (κ3) is 3.43. The van der Waals surface area contributed by atoms with Crippen LogP contribution in [0.1, 0.15) is 30.2 Å². The van der Waals surface area contributed by atoms with Gasteiger partial charge in [0.1, 0.15) is 22.8 Å². The smallest absolute Gasteiger partial charge is 0.143 e. The minimum Gasteiger partial charge on any atom is -0.340 e. The second-order valence-corrected chi connectivity index (χ2v) is 8.05. The van der Waals surface area contributed by atoms with Gasteiger partial charge in [-0.05, 0) is 48.2 Å². The topological polar surface area (TPSA) is 37.8 Å². The molecule has 5 heteroatoms. The van der Waals surface area contributed by atoms with E-state index in [-0.39, 0.29) is 5.82 Å². The number of hydrogen-bond acceptors (Lipinski definition) is 4. The Morgan fingerprint density at radius 3 is 2.33 bits per heavy atom. The summed E-state index contributed by atoms with van der Waals surface area (Å²) in [7, 11) is 0. The van der Waals surface area contributed by atoms with Gasteiger partial charge >= 0.3 is 0 Å². The van der Waals surface area contributed by atoms with Gasteiger partial charge in [0.15, 0.2) is 0 Å². The molecule has 2 aromatic carbocycles. The van der Waals surface area contributed by atoms with Crippen molar-refractivity contribution in [2.24, 2.45) is 0 Å². The van der Waals surface area contributed by atoms with E-state index in [1.165, 1.54) is 17.7 Å². The normalized spacial score (nSPS) is 11.3. The predicted octanol–water partition coefficient (Wildman–Crippen LogP) is 6.67. The summed E-state index contributed by atoms with van der Waals surface area (Å²) in [5.41, 5.74) is 4.30. The highest BCUT2D eigenvalue weighted by atomic mass is 32.1. The summed E-state index contributed by atoms with van der Waals surface area (Å²) in [6.45, 7) is 6.42. The number of rotatable bonds is 4. The van der Waals surface area contributed by atoms with Crippen LogP contribution < -0.4 is 5.32 Å². The molecule has 2 aromatic heterocycles. The fraction of sp³-hybridized carbons (Fsp3) is 0.182. The molecular weight excluding hydrogens is 357 g/mol. The van der Waals surface area contributed by atoms with Crippen molar-refractivity contribution in [1.82, 2.24) is 9.97 Å². The number of nitrogens with zero attached hydrogens (tertiary/aromatic N) is 2. The number of fused-ring (bicyclic) bond motifs is 1. The second-order valence-electron chi connectivity index (χ2n) is 6.84. The molecule has 27 heavy (non-hydrogen) atoms. The molecule has 4 aromatic rings. The van der Waals surface area contributed by atoms with Crippen LogP contribution in [0, 0.1) is 12.7 Å². The van der Waals surface area contributed by atoms with Crippen molar-refractivity contribution in [3.63, 3.8) is 0 Å². The molecule has 0 aliphatic rings. The summed E-state index contributed by atoms with van der Waals surface area (Å²) in [4.78, 5) is 11.0. The average Bonchev–Trinajstić information content (AvgIpc) is 3.00. The van der Waals surface area contributed by atoms with E-state index in [1.807, 2.05) is 0 Å². The minimum absolute atomic E-state index is 0.240. The molecule has 0 radical (unpaired) electrons. The zero-order chi connectivity index (χ0) is 19.0. The average molecular weight is 377 g/mol. The Labute approximate surface area is 161 Å². The Hall–Kier alpha value is -2.79. The highest BCUT2D eigenvalue weighted by Gasteiger charge is 2.17. The number of halogens is 1. The van der Waals surface area contributed by atoms with Crippen LogP contribution in [-0.4, -0.2) is 9.97 Å². The van der Waals surface area contributed by atoms with Crippen molar-refractivity contribution in [3.8, 4) is 11.1 Å². The van der Waals surface area contributed by atoms with Crippen LogP contribution in [0.3, 0.4) is 0 Å². The van der Waals surface area contributed by atoms with Gasteiger partial charge in [-0.15, -0.1) is 11.3 Å². The van der Waals surface area contributed by atoms with Gasteiger partial charge < -0.3 is 5.32 Å². The van der Waals surface area contributed by atoms with E-state index in [1.54, 1.807) is 29.8 Å². The fourth-order valence-electron chi connectivity index (χ4n) is 3.19. The molecular formula is C22H20FN3S. The summed E-state index contributed by atoms with van der Waals surface area (Å²) in [6, 6.07) is 15.0. The predicted molar refractivity (Wildman–Crippen MR) is 111 cm³/mol. The van der Waals surface area contributed by atoms with E-state index in [0.717, 1.165) is 37.7 Å². The fourth-order valence-corrected chi connectivity index (χ4v) is 4.20. The number of thiophene rings is 1. The minimum atomic E-state index is -0.240. The Balaban J connectivity index is 1.80. The molecule has 0 spiro atoms. The monoisotopic (exact) mass is 377 g/mol. The third-order valence-electron chi connectivity index (χ3n) is 4.64. The van der Waals surface area contributed by atoms with Gasteiger partial charge in [-0.3, -0.25) is 0 Å². The van der Waals surface area contributed by atoms with Crippen LogP contribution in [0.5, 0.6) is 0 Å². The highest BCUT2D eigenvalue weighted by Crippen LogP contribution is 2.41. The molecule has 0 fully saturated rings. The van der Waals surface area contributed by atoms with Crippen molar-refractivity contribution in [1.29, 1.82) is 0 Å². The molecule has 4 rings (SSSR count). The lowest BCUT2D eigenvalue weighted by Crippen LogP contribution is -1.96. The lowest BCUT2D eigenvalue weighted by molar-refractivity contribution is 0.628. The number of hydrogen-bond donors (Lipinski definition) is 1. The van der Waals surface area contributed by atoms with E-state index in [0.29, 0.717) is 5.92 Å². The summed E-state index contributed by atoms with van der Waals surface area (Å²) in [5.74, 6) is 1.02. The van der Waals surface area contributed by atoms with Gasteiger partial charge in [-0.1, -0.05) is 38.1 Å². The Morgan fingerprint density at radius 2 is 1.67 bits per heavy atom. The lowest BCUT2D eigenvalue weighted by Gasteiger charge is -2.11. The molecule has 136 valence electrons. The molecule has 0 unspecified atom stereocenters. The van der Waals surface area contributed by atoms with Crippen molar-refractivity contribution in [2.75, 3.05) is 5.32 Å². The van der Waals surface area contributed by atoms with Crippen molar-refractivity contribution < 1.29 is 4.39 Å². The van der Waals surface area contributed by atoms with Crippen LogP contribution in [0.2, 0.25) is 0 Å². The Morgan fingerprint density at radius 1 is 0.963 bits per heavy atom. The summed E-state index contributed by atoms with van der Waals surface area (Å²) >= 11 is 1.62. The van der Waals surface area contributed by atoms with Gasteiger partial charge in [0.25, 0.3) is 0 Å². The van der Waals surface area contributed by atoms with Crippen LogP contribution in [0.4, 0.5) is 15.9 Å². The molecule has 0 aliphatic carbocycles. The first-order chi connectivity index (χ1) is 13.0. The maximum absolute atomic E-state index is 13.4. The van der Waals surface area contributed by atoms with E-state index < -0.39 is 0 Å². The molecule has 0 aliphatic heterocycles. The lowest BCUT2D eigenvalue weighted by atomic mass is 10.0. The zero-order valence-corrected chi connectivity index (χ0v) is 16.3. The first-order valence-corrected chi connectivity index (χ1v) is 9.71. The number of aromatic nitrogens is 2. The van der Waals surface area contributed by atoms with E-state index in [9.17, 15) is 4.39 Å². The second kappa shape index (κ2) is 7.08. The van der Waals surface area contributed by atoms with Gasteiger partial charge in [0.05, 0.1) is 5.39 Å². The van der Waals surface area contributed by atoms with Gasteiger partial charge in [0, 0.05) is 16.1 Å². The summed E-state index contributed by atoms with van der Waals surface area (Å²) in [6.07, 6.45) is 1.58. The summed E-state index contributed by atoms with van der Waals surface area (Å²) < 4.78 is 13.4. The molecule has 0 saturated carbocycles. The molecule has 2 heterocycles. The molecule has 0 bridgehead atoms. The quantitative estimate of drug-likeness (QED) is 0.431. The van der Waals surface area contributed by atoms with E-state index >= 15 is 0 Å². The third-order valence-corrected chi connectivity index (χ3v) is 5.65. The largest absolute Gasteiger partial charge is 0.340 e.